The molecule has 1 aromatic heterocycles. The number of anilines is 3. The smallest absolute Gasteiger partial charge is 0.327 e. The van der Waals surface area contributed by atoms with E-state index in [1.807, 2.05) is 18.2 Å². The van der Waals surface area contributed by atoms with E-state index >= 15 is 0 Å². The maximum atomic E-state index is 12.5. The van der Waals surface area contributed by atoms with Crippen molar-refractivity contribution in [3.8, 4) is 0 Å². The van der Waals surface area contributed by atoms with Gasteiger partial charge in [0.2, 0.25) is 5.95 Å². The third-order valence-electron chi connectivity index (χ3n) is 5.48. The number of amides is 2. The van der Waals surface area contributed by atoms with Crippen LogP contribution in [-0.4, -0.2) is 35.8 Å². The van der Waals surface area contributed by atoms with E-state index < -0.39 is 0 Å². The van der Waals surface area contributed by atoms with Gasteiger partial charge in [0.1, 0.15) is 5.82 Å². The average Bonchev–Trinajstić information content (AvgIpc) is 2.72. The van der Waals surface area contributed by atoms with Gasteiger partial charge in [0, 0.05) is 25.4 Å². The molecule has 2 aliphatic rings. The van der Waals surface area contributed by atoms with Crippen LogP contribution >= 0.6 is 11.6 Å². The Hall–Kier alpha value is -2.38. The molecule has 1 aliphatic carbocycles. The molecule has 2 heterocycles. The van der Waals surface area contributed by atoms with E-state index in [0.29, 0.717) is 41.0 Å². The van der Waals surface area contributed by atoms with Crippen LogP contribution in [0.2, 0.25) is 5.02 Å². The third kappa shape index (κ3) is 4.05. The normalized spacial score (nSPS) is 21.8. The van der Waals surface area contributed by atoms with E-state index in [1.165, 1.54) is 0 Å². The molecule has 0 radical (unpaired) electrons. The van der Waals surface area contributed by atoms with Crippen LogP contribution in [0.25, 0.3) is 0 Å². The molecule has 7 nitrogen and oxygen atoms in total. The molecule has 8 heteroatoms. The summed E-state index contributed by atoms with van der Waals surface area (Å²) in [6, 6.07) is 7.03. The first-order valence-electron chi connectivity index (χ1n) is 9.59. The number of carbonyl (C=O) groups is 1. The topological polar surface area (TPSA) is 79.4 Å². The van der Waals surface area contributed by atoms with Gasteiger partial charge in [-0.15, -0.1) is 0 Å². The number of aromatic nitrogens is 2. The fourth-order valence-corrected chi connectivity index (χ4v) is 4.04. The zero-order valence-electron chi connectivity index (χ0n) is 15.8. The van der Waals surface area contributed by atoms with Gasteiger partial charge in [-0.05, 0) is 43.7 Å². The Morgan fingerprint density at radius 2 is 2.07 bits per heavy atom. The Morgan fingerprint density at radius 1 is 1.29 bits per heavy atom. The zero-order chi connectivity index (χ0) is 19.5. The summed E-state index contributed by atoms with van der Waals surface area (Å²) >= 11 is 6.24. The number of rotatable bonds is 5. The Bertz CT molecular complexity index is 854. The minimum absolute atomic E-state index is 0.247. The average molecular weight is 402 g/mol. The van der Waals surface area contributed by atoms with Gasteiger partial charge in [0.05, 0.1) is 23.4 Å². The minimum atomic E-state index is -0.247. The molecule has 1 aromatic carbocycles. The van der Waals surface area contributed by atoms with Gasteiger partial charge in [0.15, 0.2) is 0 Å². The lowest BCUT2D eigenvalue weighted by Crippen LogP contribution is -2.39. The van der Waals surface area contributed by atoms with Crippen LogP contribution in [0.15, 0.2) is 30.5 Å². The third-order valence-corrected chi connectivity index (χ3v) is 5.80. The molecule has 0 spiro atoms. The number of ether oxygens (including phenoxy) is 1. The molecule has 2 aromatic rings. The highest BCUT2D eigenvalue weighted by atomic mass is 35.5. The van der Waals surface area contributed by atoms with Crippen molar-refractivity contribution in [2.45, 2.75) is 38.3 Å². The van der Waals surface area contributed by atoms with Gasteiger partial charge in [-0.1, -0.05) is 23.7 Å². The van der Waals surface area contributed by atoms with Crippen molar-refractivity contribution >= 4 is 35.1 Å². The van der Waals surface area contributed by atoms with Crippen molar-refractivity contribution in [1.82, 2.24) is 9.97 Å². The van der Waals surface area contributed by atoms with Gasteiger partial charge in [-0.3, -0.25) is 10.2 Å². The molecule has 1 fully saturated rings. The van der Waals surface area contributed by atoms with Crippen molar-refractivity contribution in [1.29, 1.82) is 0 Å². The van der Waals surface area contributed by atoms with Crippen LogP contribution in [0, 0.1) is 5.92 Å². The molecule has 0 unspecified atom stereocenters. The van der Waals surface area contributed by atoms with Crippen LogP contribution < -0.4 is 15.5 Å². The number of hydrogen-bond donors (Lipinski definition) is 2. The van der Waals surface area contributed by atoms with Crippen molar-refractivity contribution < 1.29 is 9.53 Å². The largest absolute Gasteiger partial charge is 0.381 e. The second kappa shape index (κ2) is 8.32. The number of fused-ring (bicyclic) bond motifs is 1. The van der Waals surface area contributed by atoms with Gasteiger partial charge >= 0.3 is 6.03 Å². The predicted octanol–water partition coefficient (Wildman–Crippen LogP) is 4.30. The summed E-state index contributed by atoms with van der Waals surface area (Å²) in [5.74, 6) is 1.68. The summed E-state index contributed by atoms with van der Waals surface area (Å²) in [7, 11) is 1.78. The Labute approximate surface area is 169 Å². The standard InChI is InChI=1S/C20H24ClN5O2/c1-28-15-8-6-13(7-9-15)10-22-19-23-11-14-12-26(20(27)25-18(14)24-19)17-5-3-2-4-16(17)21/h2-5,11,13,15H,6-10,12H2,1H3,(H2,22,23,24,25,27)/t13-,15-. The highest BCUT2D eigenvalue weighted by Crippen LogP contribution is 2.31. The predicted molar refractivity (Wildman–Crippen MR) is 110 cm³/mol. The van der Waals surface area contributed by atoms with E-state index in [4.69, 9.17) is 16.3 Å². The summed E-state index contributed by atoms with van der Waals surface area (Å²) < 4.78 is 5.42. The number of urea groups is 1. The number of nitrogens with zero attached hydrogens (tertiary/aromatic N) is 3. The molecule has 2 amide bonds. The number of para-hydroxylation sites is 1. The molecule has 0 atom stereocenters. The van der Waals surface area contributed by atoms with Gasteiger partial charge in [-0.2, -0.15) is 4.98 Å². The molecule has 148 valence electrons. The minimum Gasteiger partial charge on any atom is -0.381 e. The highest BCUT2D eigenvalue weighted by molar-refractivity contribution is 6.34. The Morgan fingerprint density at radius 3 is 2.82 bits per heavy atom. The lowest BCUT2D eigenvalue weighted by atomic mass is 9.87. The number of benzene rings is 1. The monoisotopic (exact) mass is 401 g/mol. The molecule has 0 saturated heterocycles. The molecular weight excluding hydrogens is 378 g/mol. The van der Waals surface area contributed by atoms with Gasteiger partial charge in [-0.25, -0.2) is 9.78 Å². The molecule has 4 rings (SSSR count). The number of halogens is 1. The van der Waals surface area contributed by atoms with Crippen molar-refractivity contribution in [2.24, 2.45) is 5.92 Å². The SMILES string of the molecule is CO[C@H]1CC[C@H](CNc2ncc3c(n2)NC(=O)N(c2ccccc2Cl)C3)CC1. The van der Waals surface area contributed by atoms with Crippen molar-refractivity contribution in [2.75, 3.05) is 29.2 Å². The number of nitrogens with one attached hydrogen (secondary N) is 2. The fraction of sp³-hybridized carbons (Fsp3) is 0.450. The van der Waals surface area contributed by atoms with Crippen LogP contribution in [0.1, 0.15) is 31.2 Å². The Balaban J connectivity index is 1.40. The second-order valence-electron chi connectivity index (χ2n) is 7.29. The Kier molecular flexibility index (Phi) is 5.64. The van der Waals surface area contributed by atoms with E-state index in [9.17, 15) is 4.79 Å². The maximum Gasteiger partial charge on any atom is 0.327 e. The number of carbonyl (C=O) groups excluding carboxylic acids is 1. The molecule has 2 N–H and O–H groups in total. The van der Waals surface area contributed by atoms with Crippen LogP contribution in [0.5, 0.6) is 0 Å². The first-order valence-corrected chi connectivity index (χ1v) is 9.97. The zero-order valence-corrected chi connectivity index (χ0v) is 16.6. The summed E-state index contributed by atoms with van der Waals surface area (Å²) in [6.45, 7) is 1.21. The van der Waals surface area contributed by atoms with Crippen molar-refractivity contribution in [3.05, 3.63) is 41.0 Å². The quantitative estimate of drug-likeness (QED) is 0.780. The first kappa shape index (κ1) is 19.0. The lowest BCUT2D eigenvalue weighted by Gasteiger charge is -2.29. The van der Waals surface area contributed by atoms with E-state index in [1.54, 1.807) is 24.3 Å². The van der Waals surface area contributed by atoms with Gasteiger partial charge < -0.3 is 10.1 Å². The second-order valence-corrected chi connectivity index (χ2v) is 7.70. The van der Waals surface area contributed by atoms with Crippen molar-refractivity contribution in [3.63, 3.8) is 0 Å². The van der Waals surface area contributed by atoms with E-state index in [0.717, 1.165) is 37.8 Å². The van der Waals surface area contributed by atoms with Gasteiger partial charge in [0.25, 0.3) is 0 Å². The summed E-state index contributed by atoms with van der Waals surface area (Å²) in [4.78, 5) is 23.1. The van der Waals surface area contributed by atoms with Crippen LogP contribution in [0.4, 0.5) is 22.2 Å². The number of methoxy groups -OCH3 is 1. The maximum absolute atomic E-state index is 12.5. The molecule has 28 heavy (non-hydrogen) atoms. The summed E-state index contributed by atoms with van der Waals surface area (Å²) in [5, 5.41) is 6.69. The lowest BCUT2D eigenvalue weighted by molar-refractivity contribution is 0.0585. The highest BCUT2D eigenvalue weighted by Gasteiger charge is 2.27. The summed E-state index contributed by atoms with van der Waals surface area (Å²) in [6.07, 6.45) is 6.63. The van der Waals surface area contributed by atoms with Crippen LogP contribution in [0.3, 0.4) is 0 Å². The summed E-state index contributed by atoms with van der Waals surface area (Å²) in [5.41, 5.74) is 1.52. The number of hydrogen-bond acceptors (Lipinski definition) is 5. The fourth-order valence-electron chi connectivity index (χ4n) is 3.80. The first-order chi connectivity index (χ1) is 13.6. The molecule has 1 aliphatic heterocycles. The molecule has 0 bridgehead atoms. The molecular formula is C20H24ClN5O2. The van der Waals surface area contributed by atoms with E-state index in [2.05, 4.69) is 20.6 Å². The van der Waals surface area contributed by atoms with Crippen LogP contribution in [-0.2, 0) is 11.3 Å². The molecule has 1 saturated carbocycles. The van der Waals surface area contributed by atoms with E-state index in [-0.39, 0.29) is 6.03 Å².